The zero-order chi connectivity index (χ0) is 13.0. The fourth-order valence-electron chi connectivity index (χ4n) is 2.40. The molecule has 1 aromatic rings. The first kappa shape index (κ1) is 13.8. The lowest BCUT2D eigenvalue weighted by Crippen LogP contribution is -2.23. The van der Waals surface area contributed by atoms with Crippen LogP contribution in [0.5, 0.6) is 0 Å². The smallest absolute Gasteiger partial charge is 0.185 e. The van der Waals surface area contributed by atoms with Gasteiger partial charge in [-0.2, -0.15) is 0 Å². The van der Waals surface area contributed by atoms with Crippen molar-refractivity contribution >= 4 is 16.5 Å². The van der Waals surface area contributed by atoms with Gasteiger partial charge in [0.25, 0.3) is 0 Å². The van der Waals surface area contributed by atoms with Crippen LogP contribution in [0.1, 0.15) is 43.7 Å². The molecule has 0 bridgehead atoms. The van der Waals surface area contributed by atoms with Crippen molar-refractivity contribution in [3.63, 3.8) is 0 Å². The van der Waals surface area contributed by atoms with Crippen molar-refractivity contribution in [1.29, 1.82) is 0 Å². The molecule has 0 spiro atoms. The first-order valence-corrected chi connectivity index (χ1v) is 7.94. The van der Waals surface area contributed by atoms with Crippen molar-refractivity contribution in [3.05, 3.63) is 10.6 Å². The molecule has 0 aliphatic carbocycles. The Morgan fingerprint density at radius 3 is 3.00 bits per heavy atom. The van der Waals surface area contributed by atoms with Crippen molar-refractivity contribution in [2.45, 2.75) is 46.6 Å². The minimum atomic E-state index is 0.872. The monoisotopic (exact) mass is 267 g/mol. The van der Waals surface area contributed by atoms with E-state index in [-0.39, 0.29) is 0 Å². The summed E-state index contributed by atoms with van der Waals surface area (Å²) in [6.45, 7) is 11.0. The minimum Gasteiger partial charge on any atom is -0.348 e. The number of aryl methyl sites for hydroxylation is 1. The summed E-state index contributed by atoms with van der Waals surface area (Å²) < 4.78 is 0. The molecule has 4 heteroatoms. The van der Waals surface area contributed by atoms with Crippen molar-refractivity contribution in [2.75, 3.05) is 24.5 Å². The third-order valence-corrected chi connectivity index (χ3v) is 4.92. The molecule has 2 heterocycles. The van der Waals surface area contributed by atoms with Crippen molar-refractivity contribution < 1.29 is 0 Å². The summed E-state index contributed by atoms with van der Waals surface area (Å²) in [7, 11) is 0. The van der Waals surface area contributed by atoms with Gasteiger partial charge in [0.05, 0.1) is 5.69 Å². The first-order chi connectivity index (χ1) is 8.70. The molecule has 1 aliphatic heterocycles. The lowest BCUT2D eigenvalue weighted by Gasteiger charge is -2.18. The molecule has 102 valence electrons. The molecular formula is C14H25N3S. The highest BCUT2D eigenvalue weighted by Crippen LogP contribution is 2.28. The Morgan fingerprint density at radius 2 is 2.22 bits per heavy atom. The molecule has 1 aliphatic rings. The van der Waals surface area contributed by atoms with E-state index in [1.807, 2.05) is 11.3 Å². The van der Waals surface area contributed by atoms with Gasteiger partial charge in [-0.1, -0.05) is 13.8 Å². The quantitative estimate of drug-likeness (QED) is 0.908. The van der Waals surface area contributed by atoms with Crippen molar-refractivity contribution in [3.8, 4) is 0 Å². The second-order valence-electron chi connectivity index (χ2n) is 5.31. The van der Waals surface area contributed by atoms with Crippen LogP contribution in [0.2, 0.25) is 0 Å². The molecule has 1 unspecified atom stereocenters. The Balaban J connectivity index is 2.03. The second kappa shape index (κ2) is 6.53. The number of hydrogen-bond acceptors (Lipinski definition) is 4. The first-order valence-electron chi connectivity index (χ1n) is 7.12. The number of anilines is 1. The van der Waals surface area contributed by atoms with Crippen LogP contribution in [0.25, 0.3) is 0 Å². The molecule has 1 aromatic heterocycles. The highest BCUT2D eigenvalue weighted by atomic mass is 32.1. The number of nitrogens with one attached hydrogen (secondary N) is 1. The molecular weight excluding hydrogens is 242 g/mol. The second-order valence-corrected chi connectivity index (χ2v) is 6.37. The van der Waals surface area contributed by atoms with Gasteiger partial charge in [-0.3, -0.25) is 0 Å². The van der Waals surface area contributed by atoms with Gasteiger partial charge in [0.2, 0.25) is 0 Å². The van der Waals surface area contributed by atoms with E-state index in [4.69, 9.17) is 4.98 Å². The predicted octanol–water partition coefficient (Wildman–Crippen LogP) is 3.19. The Morgan fingerprint density at radius 1 is 1.39 bits per heavy atom. The van der Waals surface area contributed by atoms with Gasteiger partial charge in [0.15, 0.2) is 5.13 Å². The summed E-state index contributed by atoms with van der Waals surface area (Å²) >= 11 is 1.87. The van der Waals surface area contributed by atoms with Crippen LogP contribution in [0.4, 0.5) is 5.13 Å². The lowest BCUT2D eigenvalue weighted by molar-refractivity contribution is 0.521. The summed E-state index contributed by atoms with van der Waals surface area (Å²) in [6, 6.07) is 0. The third-order valence-electron chi connectivity index (χ3n) is 3.70. The summed E-state index contributed by atoms with van der Waals surface area (Å²) in [4.78, 5) is 8.63. The standard InChI is InChI=1S/C14H25N3S/c1-4-15-10-13-12(3)16-14(18-13)17-8-5-6-11(2)7-9-17/h11,15H,4-10H2,1-3H3. The minimum absolute atomic E-state index is 0.872. The van der Waals surface area contributed by atoms with Crippen LogP contribution in [-0.4, -0.2) is 24.6 Å². The molecule has 0 radical (unpaired) electrons. The number of aromatic nitrogens is 1. The highest BCUT2D eigenvalue weighted by Gasteiger charge is 2.17. The Kier molecular flexibility index (Phi) is 5.01. The maximum absolute atomic E-state index is 4.76. The van der Waals surface area contributed by atoms with Crippen molar-refractivity contribution in [2.24, 2.45) is 5.92 Å². The van der Waals surface area contributed by atoms with E-state index < -0.39 is 0 Å². The maximum Gasteiger partial charge on any atom is 0.185 e. The number of nitrogens with zero attached hydrogens (tertiary/aromatic N) is 2. The molecule has 1 N–H and O–H groups in total. The summed E-state index contributed by atoms with van der Waals surface area (Å²) in [6.07, 6.45) is 3.98. The van der Waals surface area contributed by atoms with E-state index in [0.29, 0.717) is 0 Å². The van der Waals surface area contributed by atoms with E-state index >= 15 is 0 Å². The highest BCUT2D eigenvalue weighted by molar-refractivity contribution is 7.15. The summed E-state index contributed by atoms with van der Waals surface area (Å²) in [5.74, 6) is 0.872. The van der Waals surface area contributed by atoms with E-state index in [1.165, 1.54) is 48.1 Å². The van der Waals surface area contributed by atoms with Gasteiger partial charge in [-0.15, -0.1) is 11.3 Å². The van der Waals surface area contributed by atoms with E-state index in [1.54, 1.807) is 0 Å². The van der Waals surface area contributed by atoms with Gasteiger partial charge in [-0.25, -0.2) is 4.98 Å². The number of thiazole rings is 1. The summed E-state index contributed by atoms with van der Waals surface area (Å²) in [5, 5.41) is 4.62. The van der Waals surface area contributed by atoms with Crippen molar-refractivity contribution in [1.82, 2.24) is 10.3 Å². The Hall–Kier alpha value is -0.610. The van der Waals surface area contributed by atoms with Crippen LogP contribution >= 0.6 is 11.3 Å². The van der Waals surface area contributed by atoms with E-state index in [0.717, 1.165) is 19.0 Å². The SMILES string of the molecule is CCNCc1sc(N2CCCC(C)CC2)nc1C. The predicted molar refractivity (Wildman–Crippen MR) is 79.5 cm³/mol. The zero-order valence-electron chi connectivity index (χ0n) is 11.8. The average Bonchev–Trinajstić information content (AvgIpc) is 2.57. The fraction of sp³-hybridized carbons (Fsp3) is 0.786. The molecule has 1 atom stereocenters. The normalized spacial score (nSPS) is 21.1. The topological polar surface area (TPSA) is 28.2 Å². The molecule has 1 fully saturated rings. The van der Waals surface area contributed by atoms with Gasteiger partial charge >= 0.3 is 0 Å². The lowest BCUT2D eigenvalue weighted by atomic mass is 10.0. The molecule has 3 nitrogen and oxygen atoms in total. The van der Waals surface area contributed by atoms with Gasteiger partial charge in [-0.05, 0) is 38.6 Å². The molecule has 0 amide bonds. The molecule has 18 heavy (non-hydrogen) atoms. The molecule has 0 saturated carbocycles. The zero-order valence-corrected chi connectivity index (χ0v) is 12.6. The molecule has 2 rings (SSSR count). The number of rotatable bonds is 4. The van der Waals surface area contributed by atoms with Crippen LogP contribution in [-0.2, 0) is 6.54 Å². The average molecular weight is 267 g/mol. The molecule has 1 saturated heterocycles. The Labute approximate surface area is 115 Å². The van der Waals surface area contributed by atoms with Crippen LogP contribution in [0.15, 0.2) is 0 Å². The maximum atomic E-state index is 4.76. The van der Waals surface area contributed by atoms with Gasteiger partial charge < -0.3 is 10.2 Å². The van der Waals surface area contributed by atoms with Gasteiger partial charge in [0.1, 0.15) is 0 Å². The largest absolute Gasteiger partial charge is 0.348 e. The third kappa shape index (κ3) is 3.45. The van der Waals surface area contributed by atoms with Gasteiger partial charge in [0, 0.05) is 24.5 Å². The Bertz CT molecular complexity index is 375. The fourth-order valence-corrected chi connectivity index (χ4v) is 3.49. The number of hydrogen-bond donors (Lipinski definition) is 1. The van der Waals surface area contributed by atoms with Crippen LogP contribution in [0, 0.1) is 12.8 Å². The summed E-state index contributed by atoms with van der Waals surface area (Å²) in [5.41, 5.74) is 1.20. The molecule has 0 aromatic carbocycles. The van der Waals surface area contributed by atoms with Crippen LogP contribution < -0.4 is 10.2 Å². The van der Waals surface area contributed by atoms with E-state index in [2.05, 4.69) is 31.0 Å². The van der Waals surface area contributed by atoms with E-state index in [9.17, 15) is 0 Å². The van der Waals surface area contributed by atoms with Crippen LogP contribution in [0.3, 0.4) is 0 Å².